The number of nitrogens with one attached hydrogen (secondary N) is 1. The van der Waals surface area contributed by atoms with Crippen molar-refractivity contribution in [3.8, 4) is 0 Å². The molecule has 2 rings (SSSR count). The Balaban J connectivity index is 1.98. The average Bonchev–Trinajstić information content (AvgIpc) is 2.28. The molecule has 1 aliphatic rings. The van der Waals surface area contributed by atoms with E-state index in [1.165, 1.54) is 12.5 Å². The number of hydrogen-bond donors (Lipinski definition) is 1. The van der Waals surface area contributed by atoms with Crippen molar-refractivity contribution in [3.05, 3.63) is 17.8 Å². The summed E-state index contributed by atoms with van der Waals surface area (Å²) < 4.78 is 36.9. The van der Waals surface area contributed by atoms with Crippen LogP contribution in [0.3, 0.4) is 0 Å². The smallest absolute Gasteiger partial charge is 0.366 e. The molecule has 1 heterocycles. The van der Waals surface area contributed by atoms with E-state index in [2.05, 4.69) is 22.4 Å². The van der Waals surface area contributed by atoms with Gasteiger partial charge in [0, 0.05) is 6.04 Å². The third-order valence-electron chi connectivity index (χ3n) is 3.24. The topological polar surface area (TPSA) is 37.8 Å². The summed E-state index contributed by atoms with van der Waals surface area (Å²) in [7, 11) is 0. The molecule has 100 valence electrons. The van der Waals surface area contributed by atoms with Crippen LogP contribution in [0.5, 0.6) is 0 Å². The van der Waals surface area contributed by atoms with Gasteiger partial charge in [0.2, 0.25) is 0 Å². The Hall–Kier alpha value is -1.33. The van der Waals surface area contributed by atoms with Crippen molar-refractivity contribution in [1.82, 2.24) is 10.2 Å². The van der Waals surface area contributed by atoms with Crippen LogP contribution in [-0.4, -0.2) is 16.2 Å². The van der Waals surface area contributed by atoms with Gasteiger partial charge >= 0.3 is 6.18 Å². The van der Waals surface area contributed by atoms with Crippen LogP contribution in [0.1, 0.15) is 38.3 Å². The molecule has 0 radical (unpaired) electrons. The molecule has 6 heteroatoms. The lowest BCUT2D eigenvalue weighted by Gasteiger charge is -2.27. The molecule has 1 fully saturated rings. The fourth-order valence-corrected chi connectivity index (χ4v) is 2.33. The number of halogens is 3. The molecule has 0 bridgehead atoms. The van der Waals surface area contributed by atoms with Gasteiger partial charge in [-0.3, -0.25) is 0 Å². The van der Waals surface area contributed by atoms with E-state index < -0.39 is 11.9 Å². The van der Waals surface area contributed by atoms with Gasteiger partial charge in [0.05, 0.1) is 0 Å². The van der Waals surface area contributed by atoms with Gasteiger partial charge in [0.25, 0.3) is 0 Å². The molecule has 0 amide bonds. The van der Waals surface area contributed by atoms with Crippen molar-refractivity contribution in [2.24, 2.45) is 5.92 Å². The highest BCUT2D eigenvalue weighted by atomic mass is 19.4. The highest BCUT2D eigenvalue weighted by Crippen LogP contribution is 2.28. The zero-order chi connectivity index (χ0) is 13.2. The first kappa shape index (κ1) is 13.1. The Labute approximate surface area is 104 Å². The number of nitrogens with zero attached hydrogens (tertiary/aromatic N) is 2. The van der Waals surface area contributed by atoms with E-state index >= 15 is 0 Å². The lowest BCUT2D eigenvalue weighted by atomic mass is 9.87. The van der Waals surface area contributed by atoms with Gasteiger partial charge in [-0.2, -0.15) is 13.2 Å². The van der Waals surface area contributed by atoms with Gasteiger partial charge in [-0.1, -0.05) is 19.8 Å². The summed E-state index contributed by atoms with van der Waals surface area (Å²) in [5.74, 6) is 1.07. The predicted molar refractivity (Wildman–Crippen MR) is 62.1 cm³/mol. The summed E-state index contributed by atoms with van der Waals surface area (Å²) in [5.41, 5.74) is -0.954. The van der Waals surface area contributed by atoms with Gasteiger partial charge in [0.1, 0.15) is 5.82 Å². The maximum Gasteiger partial charge on any atom is 0.435 e. The first-order valence-corrected chi connectivity index (χ1v) is 6.12. The third-order valence-corrected chi connectivity index (χ3v) is 3.24. The van der Waals surface area contributed by atoms with Gasteiger partial charge in [-0.15, -0.1) is 10.2 Å². The van der Waals surface area contributed by atoms with Crippen molar-refractivity contribution < 1.29 is 13.2 Å². The Morgan fingerprint density at radius 2 is 2.00 bits per heavy atom. The molecule has 0 aliphatic heterocycles. The Morgan fingerprint density at radius 3 is 2.56 bits per heavy atom. The fourth-order valence-electron chi connectivity index (χ4n) is 2.33. The monoisotopic (exact) mass is 259 g/mol. The van der Waals surface area contributed by atoms with Crippen molar-refractivity contribution in [2.45, 2.75) is 44.8 Å². The molecule has 3 nitrogen and oxygen atoms in total. The van der Waals surface area contributed by atoms with Crippen LogP contribution in [0, 0.1) is 5.92 Å². The number of rotatable bonds is 2. The minimum Gasteiger partial charge on any atom is -0.366 e. The first-order chi connectivity index (χ1) is 8.45. The minimum atomic E-state index is -4.43. The second-order valence-corrected chi connectivity index (χ2v) is 4.91. The molecule has 0 spiro atoms. The Kier molecular flexibility index (Phi) is 3.73. The zero-order valence-electron chi connectivity index (χ0n) is 10.2. The van der Waals surface area contributed by atoms with Crippen LogP contribution in [0.25, 0.3) is 0 Å². The van der Waals surface area contributed by atoms with Gasteiger partial charge in [-0.05, 0) is 30.9 Å². The highest BCUT2D eigenvalue weighted by molar-refractivity contribution is 5.34. The van der Waals surface area contributed by atoms with E-state index in [1.54, 1.807) is 0 Å². The predicted octanol–water partition coefficient (Wildman–Crippen LogP) is 3.49. The fraction of sp³-hybridized carbons (Fsp3) is 0.667. The minimum absolute atomic E-state index is 0.291. The zero-order valence-corrected chi connectivity index (χ0v) is 10.2. The molecular weight excluding hydrogens is 243 g/mol. The van der Waals surface area contributed by atoms with E-state index in [9.17, 15) is 13.2 Å². The summed E-state index contributed by atoms with van der Waals surface area (Å²) >= 11 is 0. The van der Waals surface area contributed by atoms with E-state index in [0.717, 1.165) is 25.3 Å². The summed E-state index contributed by atoms with van der Waals surface area (Å²) in [6.45, 7) is 2.19. The second-order valence-electron chi connectivity index (χ2n) is 4.91. The van der Waals surface area contributed by atoms with E-state index in [1.807, 2.05) is 0 Å². The number of anilines is 1. The number of hydrogen-bond acceptors (Lipinski definition) is 3. The second kappa shape index (κ2) is 5.12. The third kappa shape index (κ3) is 3.34. The van der Waals surface area contributed by atoms with Crippen molar-refractivity contribution in [2.75, 3.05) is 5.32 Å². The molecule has 1 saturated carbocycles. The largest absolute Gasteiger partial charge is 0.435 e. The molecule has 0 aromatic carbocycles. The Bertz CT molecular complexity index is 389. The van der Waals surface area contributed by atoms with Crippen LogP contribution in [0.15, 0.2) is 12.1 Å². The molecule has 2 unspecified atom stereocenters. The molecule has 1 aromatic rings. The molecular formula is C12H16F3N3. The summed E-state index contributed by atoms with van der Waals surface area (Å²) in [4.78, 5) is 0. The molecule has 0 saturated heterocycles. The highest BCUT2D eigenvalue weighted by Gasteiger charge is 2.33. The normalized spacial score (nSPS) is 24.9. The van der Waals surface area contributed by atoms with Crippen LogP contribution in [0.4, 0.5) is 19.0 Å². The van der Waals surface area contributed by atoms with Crippen LogP contribution in [-0.2, 0) is 6.18 Å². The molecule has 1 N–H and O–H groups in total. The summed E-state index contributed by atoms with van der Waals surface area (Å²) in [6, 6.07) is 2.59. The summed E-state index contributed by atoms with van der Waals surface area (Å²) in [6.07, 6.45) is 0.00436. The van der Waals surface area contributed by atoms with E-state index in [-0.39, 0.29) is 0 Å². The van der Waals surface area contributed by atoms with Gasteiger partial charge in [0.15, 0.2) is 5.69 Å². The van der Waals surface area contributed by atoms with Gasteiger partial charge in [-0.25, -0.2) is 0 Å². The molecule has 18 heavy (non-hydrogen) atoms. The van der Waals surface area contributed by atoms with Crippen LogP contribution >= 0.6 is 0 Å². The molecule has 1 aromatic heterocycles. The van der Waals surface area contributed by atoms with E-state index in [4.69, 9.17) is 0 Å². The van der Waals surface area contributed by atoms with Crippen LogP contribution < -0.4 is 5.32 Å². The maximum atomic E-state index is 12.3. The Morgan fingerprint density at radius 1 is 1.22 bits per heavy atom. The van der Waals surface area contributed by atoms with Crippen molar-refractivity contribution in [3.63, 3.8) is 0 Å². The first-order valence-electron chi connectivity index (χ1n) is 6.12. The lowest BCUT2D eigenvalue weighted by molar-refractivity contribution is -0.141. The SMILES string of the molecule is CC1CCCC(Nc2ccc(C(F)(F)F)nn2)C1. The van der Waals surface area contributed by atoms with Crippen LogP contribution in [0.2, 0.25) is 0 Å². The maximum absolute atomic E-state index is 12.3. The number of alkyl halides is 3. The van der Waals surface area contributed by atoms with Crippen molar-refractivity contribution in [1.29, 1.82) is 0 Å². The summed E-state index contributed by atoms with van der Waals surface area (Å²) in [5, 5.41) is 9.93. The molecule has 2 atom stereocenters. The van der Waals surface area contributed by atoms with E-state index in [0.29, 0.717) is 17.8 Å². The lowest BCUT2D eigenvalue weighted by Crippen LogP contribution is -2.26. The standard InChI is InChI=1S/C12H16F3N3/c1-8-3-2-4-9(7-8)16-11-6-5-10(17-18-11)12(13,14)15/h5-6,8-9H,2-4,7H2,1H3,(H,16,18). The van der Waals surface area contributed by atoms with Crippen molar-refractivity contribution >= 4 is 5.82 Å². The average molecular weight is 259 g/mol. The quantitative estimate of drug-likeness (QED) is 0.883. The van der Waals surface area contributed by atoms with Gasteiger partial charge < -0.3 is 5.32 Å². The molecule has 1 aliphatic carbocycles. The number of aromatic nitrogens is 2.